The van der Waals surface area contributed by atoms with Crippen molar-refractivity contribution in [3.8, 4) is 0 Å². The van der Waals surface area contributed by atoms with Crippen LogP contribution in [0.15, 0.2) is 16.7 Å². The number of hydrogen-bond donors (Lipinski definition) is 2. The van der Waals surface area contributed by atoms with Crippen molar-refractivity contribution in [3.63, 3.8) is 0 Å². The minimum absolute atomic E-state index is 0.276. The van der Waals surface area contributed by atoms with Crippen molar-refractivity contribution in [3.05, 3.63) is 23.7 Å². The molecule has 1 atom stereocenters. The first-order chi connectivity index (χ1) is 8.22. The minimum Gasteiger partial charge on any atom is -0.459 e. The number of hydrazine groups is 1. The summed E-state index contributed by atoms with van der Waals surface area (Å²) in [6, 6.07) is 2.19. The Labute approximate surface area is 99.7 Å². The summed E-state index contributed by atoms with van der Waals surface area (Å²) in [6.07, 6.45) is 2.52. The molecule has 2 rings (SSSR count). The third kappa shape index (κ3) is 2.66. The number of nitrogens with two attached hydrogens (primary N) is 1. The van der Waals surface area contributed by atoms with Crippen LogP contribution < -0.4 is 11.3 Å². The van der Waals surface area contributed by atoms with Crippen LogP contribution in [0.1, 0.15) is 22.5 Å². The first kappa shape index (κ1) is 12.1. The van der Waals surface area contributed by atoms with Crippen molar-refractivity contribution in [2.45, 2.75) is 19.0 Å². The lowest BCUT2D eigenvalue weighted by Gasteiger charge is -2.22. The summed E-state index contributed by atoms with van der Waals surface area (Å²) in [5.74, 6) is 4.97. The monoisotopic (exact) mass is 239 g/mol. The Bertz CT molecular complexity index is 385. The number of furan rings is 1. The number of likely N-dealkylation sites (N-methyl/N-ethyl adjacent to an activating group) is 1. The Morgan fingerprint density at radius 1 is 1.71 bits per heavy atom. The molecule has 2 heterocycles. The highest BCUT2D eigenvalue weighted by molar-refractivity contribution is 5.92. The zero-order valence-electron chi connectivity index (χ0n) is 9.81. The molecular weight excluding hydrogens is 222 g/mol. The standard InChI is InChI=1S/C11H17N3O3/c1-14(9-3-4-16-7-9)6-8-2-5-17-10(8)11(15)13-12/h2,5,9H,3-4,6-7,12H2,1H3,(H,13,15). The topological polar surface area (TPSA) is 80.7 Å². The fourth-order valence-corrected chi connectivity index (χ4v) is 1.99. The molecule has 94 valence electrons. The summed E-state index contributed by atoms with van der Waals surface area (Å²) >= 11 is 0. The zero-order chi connectivity index (χ0) is 12.3. The van der Waals surface area contributed by atoms with Crippen LogP contribution in [0, 0.1) is 0 Å². The lowest BCUT2D eigenvalue weighted by atomic mass is 10.2. The van der Waals surface area contributed by atoms with Gasteiger partial charge in [-0.3, -0.25) is 15.1 Å². The second kappa shape index (κ2) is 5.31. The van der Waals surface area contributed by atoms with Crippen LogP contribution in [0.25, 0.3) is 0 Å². The summed E-state index contributed by atoms with van der Waals surface area (Å²) in [7, 11) is 2.01. The maximum Gasteiger partial charge on any atom is 0.301 e. The molecule has 3 N–H and O–H groups in total. The Kier molecular flexibility index (Phi) is 3.78. The van der Waals surface area contributed by atoms with E-state index in [4.69, 9.17) is 15.0 Å². The quantitative estimate of drug-likeness (QED) is 0.442. The van der Waals surface area contributed by atoms with Gasteiger partial charge in [-0.1, -0.05) is 0 Å². The van der Waals surface area contributed by atoms with Gasteiger partial charge in [0, 0.05) is 24.8 Å². The van der Waals surface area contributed by atoms with Crippen molar-refractivity contribution in [2.75, 3.05) is 20.3 Å². The lowest BCUT2D eigenvalue weighted by Crippen LogP contribution is -2.33. The first-order valence-corrected chi connectivity index (χ1v) is 5.57. The van der Waals surface area contributed by atoms with Crippen molar-refractivity contribution >= 4 is 5.91 Å². The zero-order valence-corrected chi connectivity index (χ0v) is 9.81. The van der Waals surface area contributed by atoms with Gasteiger partial charge >= 0.3 is 5.91 Å². The average molecular weight is 239 g/mol. The van der Waals surface area contributed by atoms with Crippen molar-refractivity contribution < 1.29 is 13.9 Å². The van der Waals surface area contributed by atoms with Gasteiger partial charge in [0.1, 0.15) is 0 Å². The molecule has 1 aromatic rings. The molecule has 1 fully saturated rings. The van der Waals surface area contributed by atoms with Gasteiger partial charge in [-0.2, -0.15) is 0 Å². The van der Waals surface area contributed by atoms with Crippen LogP contribution in [-0.2, 0) is 11.3 Å². The van der Waals surface area contributed by atoms with E-state index in [0.717, 1.165) is 25.2 Å². The molecular formula is C11H17N3O3. The molecule has 1 unspecified atom stereocenters. The van der Waals surface area contributed by atoms with Crippen LogP contribution in [0.3, 0.4) is 0 Å². The third-order valence-electron chi connectivity index (χ3n) is 3.03. The predicted octanol–water partition coefficient (Wildman–Crippen LogP) is 0.104. The van der Waals surface area contributed by atoms with Gasteiger partial charge in [0.05, 0.1) is 12.9 Å². The van der Waals surface area contributed by atoms with E-state index in [1.165, 1.54) is 6.26 Å². The van der Waals surface area contributed by atoms with Crippen LogP contribution >= 0.6 is 0 Å². The summed E-state index contributed by atoms with van der Waals surface area (Å²) in [5, 5.41) is 0. The third-order valence-corrected chi connectivity index (χ3v) is 3.03. The molecule has 6 heteroatoms. The maximum atomic E-state index is 11.4. The number of nitrogens with zero attached hydrogens (tertiary/aromatic N) is 1. The molecule has 0 aliphatic carbocycles. The fourth-order valence-electron chi connectivity index (χ4n) is 1.99. The van der Waals surface area contributed by atoms with E-state index >= 15 is 0 Å². The summed E-state index contributed by atoms with van der Waals surface area (Å²) < 4.78 is 10.5. The van der Waals surface area contributed by atoms with Crippen molar-refractivity contribution in [1.82, 2.24) is 10.3 Å². The first-order valence-electron chi connectivity index (χ1n) is 5.57. The normalized spacial score (nSPS) is 19.8. The van der Waals surface area contributed by atoms with Crippen LogP contribution in [0.2, 0.25) is 0 Å². The van der Waals surface area contributed by atoms with Gasteiger partial charge < -0.3 is 9.15 Å². The molecule has 1 saturated heterocycles. The smallest absolute Gasteiger partial charge is 0.301 e. The molecule has 6 nitrogen and oxygen atoms in total. The van der Waals surface area contributed by atoms with E-state index in [9.17, 15) is 4.79 Å². The number of nitrogen functional groups attached to an aromatic ring is 1. The molecule has 0 saturated carbocycles. The Hall–Kier alpha value is -1.37. The van der Waals surface area contributed by atoms with Gasteiger partial charge in [0.2, 0.25) is 0 Å². The molecule has 1 aromatic heterocycles. The van der Waals surface area contributed by atoms with E-state index in [1.807, 2.05) is 7.05 Å². The number of hydrogen-bond acceptors (Lipinski definition) is 5. The largest absolute Gasteiger partial charge is 0.459 e. The molecule has 0 radical (unpaired) electrons. The predicted molar refractivity (Wildman–Crippen MR) is 61.1 cm³/mol. The van der Waals surface area contributed by atoms with E-state index in [2.05, 4.69) is 10.3 Å². The van der Waals surface area contributed by atoms with Crippen LogP contribution in [0.4, 0.5) is 0 Å². The fraction of sp³-hybridized carbons (Fsp3) is 0.545. The molecule has 0 aromatic carbocycles. The van der Waals surface area contributed by atoms with E-state index in [0.29, 0.717) is 12.6 Å². The van der Waals surface area contributed by atoms with E-state index in [1.54, 1.807) is 6.07 Å². The van der Waals surface area contributed by atoms with Gasteiger partial charge in [0.15, 0.2) is 5.76 Å². The number of nitrogens with one attached hydrogen (secondary N) is 1. The van der Waals surface area contributed by atoms with Gasteiger partial charge in [-0.15, -0.1) is 0 Å². The van der Waals surface area contributed by atoms with Crippen molar-refractivity contribution in [1.29, 1.82) is 0 Å². The summed E-state index contributed by atoms with van der Waals surface area (Å²) in [5.41, 5.74) is 2.91. The number of amides is 1. The maximum absolute atomic E-state index is 11.4. The summed E-state index contributed by atoms with van der Waals surface area (Å²) in [6.45, 7) is 2.19. The van der Waals surface area contributed by atoms with Gasteiger partial charge in [0.25, 0.3) is 0 Å². The highest BCUT2D eigenvalue weighted by Gasteiger charge is 2.22. The number of ether oxygens (including phenoxy) is 1. The molecule has 17 heavy (non-hydrogen) atoms. The molecule has 1 aliphatic heterocycles. The molecule has 0 bridgehead atoms. The summed E-state index contributed by atoms with van der Waals surface area (Å²) in [4.78, 5) is 13.6. The molecule has 1 aliphatic rings. The van der Waals surface area contributed by atoms with E-state index < -0.39 is 5.91 Å². The SMILES string of the molecule is CN(Cc1ccoc1C(=O)NN)C1CCOC1. The highest BCUT2D eigenvalue weighted by atomic mass is 16.5. The lowest BCUT2D eigenvalue weighted by molar-refractivity contribution is 0.0922. The Morgan fingerprint density at radius 2 is 2.53 bits per heavy atom. The van der Waals surface area contributed by atoms with Crippen LogP contribution in [-0.4, -0.2) is 37.1 Å². The van der Waals surface area contributed by atoms with Crippen molar-refractivity contribution in [2.24, 2.45) is 5.84 Å². The minimum atomic E-state index is -0.402. The van der Waals surface area contributed by atoms with Crippen LogP contribution in [0.5, 0.6) is 0 Å². The number of carbonyl (C=O) groups excluding carboxylic acids is 1. The van der Waals surface area contributed by atoms with Gasteiger partial charge in [-0.05, 0) is 19.5 Å². The van der Waals surface area contributed by atoms with Gasteiger partial charge in [-0.25, -0.2) is 5.84 Å². The number of rotatable bonds is 4. The highest BCUT2D eigenvalue weighted by Crippen LogP contribution is 2.17. The second-order valence-corrected chi connectivity index (χ2v) is 4.18. The molecule has 1 amide bonds. The Morgan fingerprint density at radius 3 is 3.18 bits per heavy atom. The van der Waals surface area contributed by atoms with E-state index in [-0.39, 0.29) is 5.76 Å². The second-order valence-electron chi connectivity index (χ2n) is 4.18. The average Bonchev–Trinajstić information content (AvgIpc) is 2.98. The molecule has 0 spiro atoms. The Balaban J connectivity index is 2.02. The number of carbonyl (C=O) groups is 1.